The smallest absolute Gasteiger partial charge is 0.248 e. The number of aryl methyl sites for hydroxylation is 4. The molecule has 2 heterocycles. The minimum Gasteiger partial charge on any atom is -0.494 e. The van der Waals surface area contributed by atoms with Gasteiger partial charge < -0.3 is 15.0 Å². The molecule has 0 atom stereocenters. The van der Waals surface area contributed by atoms with Crippen molar-refractivity contribution >= 4 is 34.6 Å². The second kappa shape index (κ2) is 14.0. The maximum Gasteiger partial charge on any atom is 0.248 e. The van der Waals surface area contributed by atoms with E-state index in [9.17, 15) is 9.59 Å². The van der Waals surface area contributed by atoms with Crippen LogP contribution in [0.15, 0.2) is 54.1 Å². The van der Waals surface area contributed by atoms with Gasteiger partial charge in [0.2, 0.25) is 5.91 Å². The number of hydrogen-bond donors (Lipinski definition) is 1. The number of carbonyl (C=O) groups is 2. The van der Waals surface area contributed by atoms with E-state index < -0.39 is 0 Å². The van der Waals surface area contributed by atoms with Crippen molar-refractivity contribution in [3.63, 3.8) is 0 Å². The highest BCUT2D eigenvalue weighted by Gasteiger charge is 2.29. The second-order valence-corrected chi connectivity index (χ2v) is 13.6. The van der Waals surface area contributed by atoms with Crippen LogP contribution in [0.2, 0.25) is 5.02 Å². The molecular weight excluding hydrogens is 620 g/mol. The van der Waals surface area contributed by atoms with Crippen molar-refractivity contribution in [1.82, 2.24) is 15.1 Å². The quantitative estimate of drug-likeness (QED) is 0.129. The molecule has 1 N–H and O–H groups in total. The summed E-state index contributed by atoms with van der Waals surface area (Å²) in [4.78, 5) is 28.9. The fraction of sp³-hybridized carbons (Fsp3) is 0.375. The molecule has 1 aliphatic heterocycles. The molecule has 48 heavy (non-hydrogen) atoms. The molecule has 7 nitrogen and oxygen atoms in total. The minimum absolute atomic E-state index is 0.0426. The fourth-order valence-electron chi connectivity index (χ4n) is 7.33. The van der Waals surface area contributed by atoms with Gasteiger partial charge >= 0.3 is 0 Å². The Kier molecular flexibility index (Phi) is 9.79. The van der Waals surface area contributed by atoms with Crippen molar-refractivity contribution in [2.45, 2.75) is 73.3 Å². The third-order valence-corrected chi connectivity index (χ3v) is 10.5. The molecule has 1 amide bonds. The van der Waals surface area contributed by atoms with E-state index in [0.29, 0.717) is 26.0 Å². The van der Waals surface area contributed by atoms with Crippen LogP contribution in [-0.4, -0.2) is 41.2 Å². The lowest BCUT2D eigenvalue weighted by molar-refractivity contribution is -0.117. The van der Waals surface area contributed by atoms with Crippen LogP contribution in [0.25, 0.3) is 16.7 Å². The highest BCUT2D eigenvalue weighted by molar-refractivity contribution is 6.32. The Morgan fingerprint density at radius 3 is 2.35 bits per heavy atom. The summed E-state index contributed by atoms with van der Waals surface area (Å²) in [5.41, 5.74) is 13.1. The molecule has 0 saturated carbocycles. The first kappa shape index (κ1) is 33.5. The number of ketones is 1. The number of nitrogens with one attached hydrogen (secondary N) is 1. The number of benzene rings is 3. The van der Waals surface area contributed by atoms with Crippen LogP contribution in [0, 0.1) is 27.7 Å². The molecule has 1 aliphatic carbocycles. The van der Waals surface area contributed by atoms with Crippen LogP contribution in [0.1, 0.15) is 82.2 Å². The van der Waals surface area contributed by atoms with Gasteiger partial charge in [0.25, 0.3) is 0 Å². The average Bonchev–Trinajstić information content (AvgIpc) is 3.79. The van der Waals surface area contributed by atoms with Gasteiger partial charge in [-0.3, -0.25) is 14.3 Å². The fourth-order valence-corrected chi connectivity index (χ4v) is 7.44. The number of carbonyl (C=O) groups excluding carboxylic acids is 2. The van der Waals surface area contributed by atoms with Crippen molar-refractivity contribution in [3.8, 4) is 16.9 Å². The standard InChI is InChI=1S/C40H45ClN4O3/c1-24-19-30(20-25(2)39(24)41)48-18-10-13-32-31-11-9-12-33(38-26(3)43-44(6)27(38)4)35(31)22-36(32)40(47)42-23-29-14-15-37(34(21-29)28(5)46)45-16-7-8-17-45/h9,11-12,14-15,19-21H,7-8,10,13,16-18,22-23H2,1-6H3,(H,42,47). The third kappa shape index (κ3) is 6.66. The molecule has 1 fully saturated rings. The van der Waals surface area contributed by atoms with Crippen molar-refractivity contribution in [2.75, 3.05) is 24.6 Å². The molecule has 3 aromatic carbocycles. The summed E-state index contributed by atoms with van der Waals surface area (Å²) in [6, 6.07) is 16.3. The molecular formula is C40H45ClN4O3. The molecule has 8 heteroatoms. The number of allylic oxidation sites excluding steroid dienone is 1. The zero-order chi connectivity index (χ0) is 34.1. The number of Topliss-reactive ketones (excluding diaryl/α,β-unsaturated/α-hetero) is 1. The highest BCUT2D eigenvalue weighted by atomic mass is 35.5. The minimum atomic E-state index is -0.0790. The molecule has 1 saturated heterocycles. The number of halogens is 1. The van der Waals surface area contributed by atoms with E-state index in [1.165, 1.54) is 0 Å². The molecule has 250 valence electrons. The van der Waals surface area contributed by atoms with E-state index in [2.05, 4.69) is 40.4 Å². The highest BCUT2D eigenvalue weighted by Crippen LogP contribution is 2.42. The van der Waals surface area contributed by atoms with Gasteiger partial charge in [0.15, 0.2) is 5.78 Å². The van der Waals surface area contributed by atoms with Crippen LogP contribution in [-0.2, 0) is 24.8 Å². The summed E-state index contributed by atoms with van der Waals surface area (Å²) < 4.78 is 8.07. The van der Waals surface area contributed by atoms with E-state index in [4.69, 9.17) is 16.3 Å². The molecule has 4 aromatic rings. The second-order valence-electron chi connectivity index (χ2n) is 13.2. The first-order valence-corrected chi connectivity index (χ1v) is 17.3. The van der Waals surface area contributed by atoms with Gasteiger partial charge in [-0.1, -0.05) is 35.9 Å². The number of amides is 1. The lowest BCUT2D eigenvalue weighted by Crippen LogP contribution is -2.26. The topological polar surface area (TPSA) is 76.5 Å². The van der Waals surface area contributed by atoms with Gasteiger partial charge in [0, 0.05) is 66.2 Å². The number of aromatic nitrogens is 2. The van der Waals surface area contributed by atoms with Gasteiger partial charge in [-0.25, -0.2) is 0 Å². The SMILES string of the molecule is CC(=O)c1cc(CNC(=O)C2=C(CCCOc3cc(C)c(Cl)c(C)c3)c3cccc(-c4c(C)nn(C)c4C)c3C2)ccc1N1CCCC1. The molecule has 0 spiro atoms. The zero-order valence-corrected chi connectivity index (χ0v) is 29.7. The Labute approximate surface area is 288 Å². The zero-order valence-electron chi connectivity index (χ0n) is 28.9. The Morgan fingerprint density at radius 2 is 1.69 bits per heavy atom. The summed E-state index contributed by atoms with van der Waals surface area (Å²) in [6.07, 6.45) is 4.28. The van der Waals surface area contributed by atoms with Crippen molar-refractivity contribution in [3.05, 3.63) is 104 Å². The summed E-state index contributed by atoms with van der Waals surface area (Å²) in [6.45, 7) is 12.5. The number of rotatable bonds is 11. The summed E-state index contributed by atoms with van der Waals surface area (Å²) in [5, 5.41) is 8.64. The van der Waals surface area contributed by atoms with Crippen LogP contribution >= 0.6 is 11.6 Å². The van der Waals surface area contributed by atoms with E-state index in [0.717, 1.165) is 116 Å². The van der Waals surface area contributed by atoms with Gasteiger partial charge in [0.1, 0.15) is 5.75 Å². The van der Waals surface area contributed by atoms with E-state index in [1.54, 1.807) is 6.92 Å². The molecule has 1 aromatic heterocycles. The maximum absolute atomic E-state index is 14.0. The predicted molar refractivity (Wildman–Crippen MR) is 194 cm³/mol. The normalized spacial score (nSPS) is 14.1. The van der Waals surface area contributed by atoms with Gasteiger partial charge in [-0.2, -0.15) is 5.10 Å². The molecule has 0 unspecified atom stereocenters. The van der Waals surface area contributed by atoms with E-state index >= 15 is 0 Å². The van der Waals surface area contributed by atoms with Crippen LogP contribution in [0.4, 0.5) is 5.69 Å². The lowest BCUT2D eigenvalue weighted by atomic mass is 9.93. The summed E-state index contributed by atoms with van der Waals surface area (Å²) in [5.74, 6) is 0.768. The largest absolute Gasteiger partial charge is 0.494 e. The number of nitrogens with zero attached hydrogens (tertiary/aromatic N) is 3. The molecule has 2 aliphatic rings. The molecule has 0 radical (unpaired) electrons. The Hall–Kier alpha value is -4.36. The third-order valence-electron chi connectivity index (χ3n) is 9.86. The first-order chi connectivity index (χ1) is 23.0. The van der Waals surface area contributed by atoms with Crippen molar-refractivity contribution in [2.24, 2.45) is 7.05 Å². The number of fused-ring (bicyclic) bond motifs is 1. The Bertz CT molecular complexity index is 1910. The lowest BCUT2D eigenvalue weighted by Gasteiger charge is -2.21. The van der Waals surface area contributed by atoms with Gasteiger partial charge in [-0.15, -0.1) is 0 Å². The molecule has 6 rings (SSSR count). The maximum atomic E-state index is 14.0. The Morgan fingerprint density at radius 1 is 0.979 bits per heavy atom. The van der Waals surface area contributed by atoms with Crippen LogP contribution in [0.5, 0.6) is 5.75 Å². The average molecular weight is 665 g/mol. The summed E-state index contributed by atoms with van der Waals surface area (Å²) in [7, 11) is 1.97. The Balaban J connectivity index is 1.25. The monoisotopic (exact) mass is 664 g/mol. The van der Waals surface area contributed by atoms with E-state index in [-0.39, 0.29) is 11.7 Å². The van der Waals surface area contributed by atoms with E-state index in [1.807, 2.05) is 62.8 Å². The predicted octanol–water partition coefficient (Wildman–Crippen LogP) is 8.26. The number of ether oxygens (including phenoxy) is 1. The van der Waals surface area contributed by atoms with Gasteiger partial charge in [-0.05, 0) is 124 Å². The van der Waals surface area contributed by atoms with Crippen molar-refractivity contribution < 1.29 is 14.3 Å². The number of anilines is 1. The molecule has 0 bridgehead atoms. The van der Waals surface area contributed by atoms with Crippen LogP contribution in [0.3, 0.4) is 0 Å². The van der Waals surface area contributed by atoms with Crippen LogP contribution < -0.4 is 15.0 Å². The first-order valence-electron chi connectivity index (χ1n) is 16.9. The van der Waals surface area contributed by atoms with Gasteiger partial charge in [0.05, 0.1) is 12.3 Å². The summed E-state index contributed by atoms with van der Waals surface area (Å²) >= 11 is 6.37. The number of hydrogen-bond acceptors (Lipinski definition) is 5. The van der Waals surface area contributed by atoms with Crippen molar-refractivity contribution in [1.29, 1.82) is 0 Å².